The number of aryl methyl sites for hydroxylation is 1. The SMILES string of the molecule is Cc1cccnc1COc1cc(F)ccc1C#CCO. The molecule has 0 fully saturated rings. The van der Waals surface area contributed by atoms with Crippen LogP contribution in [0.4, 0.5) is 4.39 Å². The average Bonchev–Trinajstić information content (AvgIpc) is 2.45. The Bertz CT molecular complexity index is 659. The molecule has 3 nitrogen and oxygen atoms in total. The van der Waals surface area contributed by atoms with Crippen molar-refractivity contribution in [3.63, 3.8) is 0 Å². The molecule has 0 atom stereocenters. The van der Waals surface area contributed by atoms with Crippen LogP contribution in [0.1, 0.15) is 16.8 Å². The third kappa shape index (κ3) is 3.56. The van der Waals surface area contributed by atoms with Crippen LogP contribution in [0.25, 0.3) is 0 Å². The Morgan fingerprint density at radius 2 is 2.20 bits per heavy atom. The molecule has 0 amide bonds. The molecule has 2 rings (SSSR count). The highest BCUT2D eigenvalue weighted by Gasteiger charge is 2.06. The lowest BCUT2D eigenvalue weighted by molar-refractivity contribution is 0.298. The lowest BCUT2D eigenvalue weighted by atomic mass is 10.2. The number of aliphatic hydroxyl groups excluding tert-OH is 1. The summed E-state index contributed by atoms with van der Waals surface area (Å²) in [5.41, 5.74) is 2.33. The second-order valence-corrected chi connectivity index (χ2v) is 4.16. The van der Waals surface area contributed by atoms with Crippen LogP contribution in [-0.2, 0) is 6.61 Å². The highest BCUT2D eigenvalue weighted by molar-refractivity contribution is 5.46. The zero-order valence-corrected chi connectivity index (χ0v) is 11.1. The highest BCUT2D eigenvalue weighted by Crippen LogP contribution is 2.20. The van der Waals surface area contributed by atoms with Crippen molar-refractivity contribution in [2.75, 3.05) is 6.61 Å². The van der Waals surface area contributed by atoms with E-state index in [-0.39, 0.29) is 13.2 Å². The van der Waals surface area contributed by atoms with E-state index in [0.717, 1.165) is 11.3 Å². The number of halogens is 1. The maximum Gasteiger partial charge on any atom is 0.138 e. The minimum absolute atomic E-state index is 0.240. The Morgan fingerprint density at radius 3 is 2.95 bits per heavy atom. The van der Waals surface area contributed by atoms with Crippen LogP contribution in [0.2, 0.25) is 0 Å². The predicted octanol–water partition coefficient (Wildman–Crippen LogP) is 2.45. The first-order chi connectivity index (χ1) is 9.70. The van der Waals surface area contributed by atoms with Crippen molar-refractivity contribution in [3.8, 4) is 17.6 Å². The third-order valence-corrected chi connectivity index (χ3v) is 2.73. The van der Waals surface area contributed by atoms with Gasteiger partial charge in [0.05, 0.1) is 11.3 Å². The number of hydrogen-bond acceptors (Lipinski definition) is 3. The fraction of sp³-hybridized carbons (Fsp3) is 0.188. The maximum atomic E-state index is 13.3. The van der Waals surface area contributed by atoms with Gasteiger partial charge in [0.2, 0.25) is 0 Å². The number of ether oxygens (including phenoxy) is 1. The summed E-state index contributed by atoms with van der Waals surface area (Å²) in [6.07, 6.45) is 1.68. The minimum atomic E-state index is -0.396. The molecular weight excluding hydrogens is 257 g/mol. The van der Waals surface area contributed by atoms with Crippen molar-refractivity contribution < 1.29 is 14.2 Å². The van der Waals surface area contributed by atoms with Crippen molar-refractivity contribution in [1.82, 2.24) is 4.98 Å². The lowest BCUT2D eigenvalue weighted by Gasteiger charge is -2.09. The van der Waals surface area contributed by atoms with Gasteiger partial charge in [-0.2, -0.15) is 0 Å². The molecule has 20 heavy (non-hydrogen) atoms. The fourth-order valence-electron chi connectivity index (χ4n) is 1.67. The largest absolute Gasteiger partial charge is 0.486 e. The Labute approximate surface area is 117 Å². The number of pyridine rings is 1. The second-order valence-electron chi connectivity index (χ2n) is 4.16. The van der Waals surface area contributed by atoms with Gasteiger partial charge in [-0.25, -0.2) is 4.39 Å². The van der Waals surface area contributed by atoms with Gasteiger partial charge in [-0.1, -0.05) is 17.9 Å². The van der Waals surface area contributed by atoms with Crippen molar-refractivity contribution >= 4 is 0 Å². The summed E-state index contributed by atoms with van der Waals surface area (Å²) in [5, 5.41) is 8.72. The van der Waals surface area contributed by atoms with E-state index >= 15 is 0 Å². The van der Waals surface area contributed by atoms with Crippen molar-refractivity contribution in [3.05, 3.63) is 59.2 Å². The smallest absolute Gasteiger partial charge is 0.138 e. The molecule has 0 saturated carbocycles. The molecule has 0 aliphatic rings. The normalized spacial score (nSPS) is 9.75. The topological polar surface area (TPSA) is 42.4 Å². The van der Waals surface area contributed by atoms with Gasteiger partial charge in [0.1, 0.15) is 24.8 Å². The summed E-state index contributed by atoms with van der Waals surface area (Å²) < 4.78 is 18.9. The van der Waals surface area contributed by atoms with Crippen molar-refractivity contribution in [2.24, 2.45) is 0 Å². The van der Waals surface area contributed by atoms with Crippen LogP contribution >= 0.6 is 0 Å². The van der Waals surface area contributed by atoms with E-state index in [0.29, 0.717) is 11.3 Å². The van der Waals surface area contributed by atoms with Crippen LogP contribution in [0.15, 0.2) is 36.5 Å². The average molecular weight is 271 g/mol. The molecule has 1 aromatic heterocycles. The molecule has 4 heteroatoms. The molecule has 1 heterocycles. The Morgan fingerprint density at radius 1 is 1.35 bits per heavy atom. The molecule has 1 N–H and O–H groups in total. The molecule has 2 aromatic rings. The molecule has 0 unspecified atom stereocenters. The van der Waals surface area contributed by atoms with E-state index in [1.165, 1.54) is 18.2 Å². The fourth-order valence-corrected chi connectivity index (χ4v) is 1.67. The Kier molecular flexibility index (Phi) is 4.70. The molecule has 1 aromatic carbocycles. The summed E-state index contributed by atoms with van der Waals surface area (Å²) in [6.45, 7) is 1.92. The van der Waals surface area contributed by atoms with Gasteiger partial charge in [0.25, 0.3) is 0 Å². The zero-order valence-electron chi connectivity index (χ0n) is 11.1. The van der Waals surface area contributed by atoms with Gasteiger partial charge in [-0.3, -0.25) is 4.98 Å². The molecule has 0 bridgehead atoms. The van der Waals surface area contributed by atoms with Crippen LogP contribution in [0.3, 0.4) is 0 Å². The molecule has 0 aliphatic heterocycles. The number of hydrogen-bond donors (Lipinski definition) is 1. The van der Waals surface area contributed by atoms with Crippen LogP contribution in [0.5, 0.6) is 5.75 Å². The van der Waals surface area contributed by atoms with E-state index in [4.69, 9.17) is 9.84 Å². The van der Waals surface area contributed by atoms with Gasteiger partial charge in [0, 0.05) is 12.3 Å². The highest BCUT2D eigenvalue weighted by atomic mass is 19.1. The Balaban J connectivity index is 2.20. The number of aromatic nitrogens is 1. The van der Waals surface area contributed by atoms with Gasteiger partial charge in [-0.15, -0.1) is 0 Å². The quantitative estimate of drug-likeness (QED) is 0.872. The first-order valence-electron chi connectivity index (χ1n) is 6.13. The molecule has 102 valence electrons. The Hall–Kier alpha value is -2.38. The van der Waals surface area contributed by atoms with Gasteiger partial charge < -0.3 is 9.84 Å². The number of rotatable bonds is 3. The van der Waals surface area contributed by atoms with E-state index < -0.39 is 5.82 Å². The van der Waals surface area contributed by atoms with E-state index in [2.05, 4.69) is 16.8 Å². The van der Waals surface area contributed by atoms with E-state index in [9.17, 15) is 4.39 Å². The summed E-state index contributed by atoms with van der Waals surface area (Å²) >= 11 is 0. The summed E-state index contributed by atoms with van der Waals surface area (Å²) in [5.74, 6) is 5.20. The maximum absolute atomic E-state index is 13.3. The van der Waals surface area contributed by atoms with Crippen LogP contribution in [-0.4, -0.2) is 16.7 Å². The van der Waals surface area contributed by atoms with Gasteiger partial charge in [0.15, 0.2) is 0 Å². The first-order valence-corrected chi connectivity index (χ1v) is 6.13. The zero-order chi connectivity index (χ0) is 14.4. The van der Waals surface area contributed by atoms with E-state index in [1.54, 1.807) is 6.20 Å². The number of nitrogens with zero attached hydrogens (tertiary/aromatic N) is 1. The standard InChI is InChI=1S/C16H14FNO2/c1-12-4-2-8-18-15(12)11-20-16-10-14(17)7-6-13(16)5-3-9-19/h2,4,6-8,10,19H,9,11H2,1H3. The minimum Gasteiger partial charge on any atom is -0.486 e. The lowest BCUT2D eigenvalue weighted by Crippen LogP contribution is -2.02. The molecule has 0 saturated heterocycles. The molecular formula is C16H14FNO2. The molecule has 0 spiro atoms. The van der Waals surface area contributed by atoms with Gasteiger partial charge in [-0.05, 0) is 30.7 Å². The van der Waals surface area contributed by atoms with Gasteiger partial charge >= 0.3 is 0 Å². The summed E-state index contributed by atoms with van der Waals surface area (Å²) in [7, 11) is 0. The van der Waals surface area contributed by atoms with E-state index in [1.807, 2.05) is 19.1 Å². The molecule has 0 aliphatic carbocycles. The molecule has 0 radical (unpaired) electrons. The van der Waals surface area contributed by atoms with Crippen LogP contribution < -0.4 is 4.74 Å². The summed E-state index contributed by atoms with van der Waals surface area (Å²) in [6, 6.07) is 7.89. The number of benzene rings is 1. The second kappa shape index (κ2) is 6.69. The van der Waals surface area contributed by atoms with Crippen LogP contribution in [0, 0.1) is 24.6 Å². The monoisotopic (exact) mass is 271 g/mol. The van der Waals surface area contributed by atoms with Crippen molar-refractivity contribution in [2.45, 2.75) is 13.5 Å². The van der Waals surface area contributed by atoms with Crippen molar-refractivity contribution in [1.29, 1.82) is 0 Å². The summed E-state index contributed by atoms with van der Waals surface area (Å²) in [4.78, 5) is 4.21. The first kappa shape index (κ1) is 14.0. The number of aliphatic hydroxyl groups is 1. The third-order valence-electron chi connectivity index (χ3n) is 2.73. The predicted molar refractivity (Wildman–Crippen MR) is 73.7 cm³/mol.